The standard InChI is InChI=1S/C44H32N4S/c1-4-12-29(13-5-1)39-22-20-33(28-45-39)35-24-34(32-21-23-41-38(27-32)37-18-10-11-19-40(37)49-41)25-36(26-35)44-47-42(30-14-6-2-7-15-30)46-43(48-44)31-16-8-3-9-17-31/h2-4,6-21,23-28,39H,1,5,22H2. The molecule has 0 fully saturated rings. The Bertz CT molecular complexity index is 2410. The third kappa shape index (κ3) is 5.83. The van der Waals surface area contributed by atoms with Gasteiger partial charge in [-0.3, -0.25) is 4.99 Å². The van der Waals surface area contributed by atoms with Gasteiger partial charge in [0, 0.05) is 43.1 Å². The van der Waals surface area contributed by atoms with Crippen molar-refractivity contribution >= 4 is 43.3 Å². The van der Waals surface area contributed by atoms with Gasteiger partial charge in [0.05, 0.1) is 6.04 Å². The molecule has 0 bridgehead atoms. The molecule has 0 spiro atoms. The molecule has 2 aliphatic rings. The van der Waals surface area contributed by atoms with Crippen LogP contribution < -0.4 is 0 Å². The minimum Gasteiger partial charge on any atom is -0.284 e. The monoisotopic (exact) mass is 648 g/mol. The fraction of sp³-hybridized carbons (Fsp3) is 0.0909. The largest absolute Gasteiger partial charge is 0.284 e. The van der Waals surface area contributed by atoms with Crippen molar-refractivity contribution in [1.82, 2.24) is 15.0 Å². The minimum absolute atomic E-state index is 0.169. The predicted octanol–water partition coefficient (Wildman–Crippen LogP) is 11.4. The van der Waals surface area contributed by atoms with E-state index in [1.54, 1.807) is 0 Å². The zero-order valence-electron chi connectivity index (χ0n) is 26.8. The molecule has 0 amide bonds. The summed E-state index contributed by atoms with van der Waals surface area (Å²) in [5.41, 5.74) is 8.64. The van der Waals surface area contributed by atoms with E-state index >= 15 is 0 Å². The first-order chi connectivity index (χ1) is 24.2. The number of aliphatic imine (C=N–C) groups is 1. The molecule has 0 N–H and O–H groups in total. The zero-order valence-corrected chi connectivity index (χ0v) is 27.6. The van der Waals surface area contributed by atoms with E-state index in [9.17, 15) is 0 Å². The number of dihydropyridines is 1. The summed E-state index contributed by atoms with van der Waals surface area (Å²) in [6.45, 7) is 0. The lowest BCUT2D eigenvalue weighted by Crippen LogP contribution is -2.11. The topological polar surface area (TPSA) is 51.0 Å². The minimum atomic E-state index is 0.169. The SMILES string of the molecule is C1=CC(C2CC=C(c3cc(-c4ccc5sc6ccccc6c5c4)cc(-c4nc(-c5ccccc5)nc(-c5ccccc5)n4)c3)C=N2)=CCC1. The molecule has 7 aromatic rings. The van der Waals surface area contributed by atoms with Crippen molar-refractivity contribution in [2.45, 2.75) is 25.3 Å². The number of rotatable bonds is 6. The predicted molar refractivity (Wildman–Crippen MR) is 206 cm³/mol. The zero-order chi connectivity index (χ0) is 32.6. The van der Waals surface area contributed by atoms with Gasteiger partial charge in [-0.05, 0) is 83.5 Å². The summed E-state index contributed by atoms with van der Waals surface area (Å²) >= 11 is 1.84. The fourth-order valence-corrected chi connectivity index (χ4v) is 7.84. The van der Waals surface area contributed by atoms with Crippen molar-refractivity contribution < 1.29 is 0 Å². The summed E-state index contributed by atoms with van der Waals surface area (Å²) in [4.78, 5) is 20.2. The van der Waals surface area contributed by atoms with Crippen LogP contribution in [0.15, 0.2) is 156 Å². The highest BCUT2D eigenvalue weighted by atomic mass is 32.1. The van der Waals surface area contributed by atoms with E-state index in [0.717, 1.165) is 58.2 Å². The van der Waals surface area contributed by atoms with E-state index in [4.69, 9.17) is 19.9 Å². The number of hydrogen-bond acceptors (Lipinski definition) is 5. The summed E-state index contributed by atoms with van der Waals surface area (Å²) in [7, 11) is 0. The van der Waals surface area contributed by atoms with E-state index < -0.39 is 0 Å². The smallest absolute Gasteiger partial charge is 0.164 e. The molecule has 0 saturated carbocycles. The van der Waals surface area contributed by atoms with Gasteiger partial charge >= 0.3 is 0 Å². The van der Waals surface area contributed by atoms with Crippen LogP contribution in [0.2, 0.25) is 0 Å². The Kier molecular flexibility index (Phi) is 7.60. The van der Waals surface area contributed by atoms with Gasteiger partial charge < -0.3 is 0 Å². The maximum Gasteiger partial charge on any atom is 0.164 e. The van der Waals surface area contributed by atoms with E-state index in [1.165, 1.54) is 25.7 Å². The van der Waals surface area contributed by atoms with Gasteiger partial charge in [0.2, 0.25) is 0 Å². The van der Waals surface area contributed by atoms with E-state index in [0.29, 0.717) is 17.5 Å². The molecule has 1 unspecified atom stereocenters. The van der Waals surface area contributed by atoms with Gasteiger partial charge in [-0.25, -0.2) is 15.0 Å². The lowest BCUT2D eigenvalue weighted by molar-refractivity contribution is 0.787. The highest BCUT2D eigenvalue weighted by molar-refractivity contribution is 7.25. The molecule has 0 saturated heterocycles. The molecule has 5 heteroatoms. The van der Waals surface area contributed by atoms with Crippen LogP contribution in [0.4, 0.5) is 0 Å². The molecule has 5 aromatic carbocycles. The maximum atomic E-state index is 5.09. The Hall–Kier alpha value is -5.78. The van der Waals surface area contributed by atoms with Crippen molar-refractivity contribution in [3.05, 3.63) is 157 Å². The molecule has 9 rings (SSSR count). The van der Waals surface area contributed by atoms with Crippen molar-refractivity contribution in [2.75, 3.05) is 0 Å². The van der Waals surface area contributed by atoms with E-state index in [2.05, 4.69) is 85.0 Å². The number of benzene rings is 5. The lowest BCUT2D eigenvalue weighted by atomic mass is 9.91. The first kappa shape index (κ1) is 29.4. The number of nitrogens with zero attached hydrogens (tertiary/aromatic N) is 4. The van der Waals surface area contributed by atoms with Crippen molar-refractivity contribution in [1.29, 1.82) is 0 Å². The van der Waals surface area contributed by atoms with Crippen LogP contribution in [0, 0.1) is 0 Å². The molecule has 1 atom stereocenters. The number of hydrogen-bond donors (Lipinski definition) is 0. The average Bonchev–Trinajstić information content (AvgIpc) is 3.57. The van der Waals surface area contributed by atoms with Crippen LogP contribution in [-0.4, -0.2) is 27.2 Å². The Balaban J connectivity index is 1.21. The van der Waals surface area contributed by atoms with Crippen LogP contribution >= 0.6 is 11.3 Å². The Morgan fingerprint density at radius 2 is 1.16 bits per heavy atom. The number of thiophene rings is 1. The van der Waals surface area contributed by atoms with Gasteiger partial charge in [0.25, 0.3) is 0 Å². The molecule has 4 nitrogen and oxygen atoms in total. The molecule has 3 heterocycles. The van der Waals surface area contributed by atoms with Crippen molar-refractivity contribution in [3.63, 3.8) is 0 Å². The summed E-state index contributed by atoms with van der Waals surface area (Å²) in [6, 6.07) is 42.7. The summed E-state index contributed by atoms with van der Waals surface area (Å²) < 4.78 is 2.59. The second-order valence-electron chi connectivity index (χ2n) is 12.5. The van der Waals surface area contributed by atoms with Crippen LogP contribution in [0.1, 0.15) is 24.8 Å². The van der Waals surface area contributed by atoms with Gasteiger partial charge in [0.1, 0.15) is 0 Å². The summed E-state index contributed by atoms with van der Waals surface area (Å²) in [6.07, 6.45) is 14.3. The Labute approximate surface area is 289 Å². The third-order valence-electron chi connectivity index (χ3n) is 9.30. The molecule has 2 aromatic heterocycles. The average molecular weight is 649 g/mol. The quantitative estimate of drug-likeness (QED) is 0.180. The van der Waals surface area contributed by atoms with Gasteiger partial charge in [0.15, 0.2) is 17.5 Å². The second-order valence-corrected chi connectivity index (χ2v) is 13.6. The molecular formula is C44H32N4S. The van der Waals surface area contributed by atoms with E-state index in [1.807, 2.05) is 78.2 Å². The number of aromatic nitrogens is 3. The molecule has 1 aliphatic heterocycles. The maximum absolute atomic E-state index is 5.09. The van der Waals surface area contributed by atoms with Crippen LogP contribution in [0.25, 0.3) is 71.0 Å². The molecule has 49 heavy (non-hydrogen) atoms. The molecule has 0 radical (unpaired) electrons. The van der Waals surface area contributed by atoms with Crippen LogP contribution in [-0.2, 0) is 0 Å². The van der Waals surface area contributed by atoms with Crippen molar-refractivity contribution in [3.8, 4) is 45.3 Å². The normalized spacial score (nSPS) is 15.8. The van der Waals surface area contributed by atoms with Gasteiger partial charge in [-0.15, -0.1) is 11.3 Å². The molecular weight excluding hydrogens is 617 g/mol. The number of fused-ring (bicyclic) bond motifs is 3. The van der Waals surface area contributed by atoms with Gasteiger partial charge in [-0.1, -0.05) is 109 Å². The second kappa shape index (κ2) is 12.7. The van der Waals surface area contributed by atoms with Crippen molar-refractivity contribution in [2.24, 2.45) is 4.99 Å². The Morgan fingerprint density at radius 1 is 0.510 bits per heavy atom. The highest BCUT2D eigenvalue weighted by Crippen LogP contribution is 2.38. The number of allylic oxidation sites excluding steroid dienone is 3. The first-order valence-electron chi connectivity index (χ1n) is 16.8. The summed E-state index contributed by atoms with van der Waals surface area (Å²) in [5, 5.41) is 2.57. The molecule has 1 aliphatic carbocycles. The fourth-order valence-electron chi connectivity index (χ4n) is 6.75. The van der Waals surface area contributed by atoms with E-state index in [-0.39, 0.29) is 6.04 Å². The van der Waals surface area contributed by atoms with Gasteiger partial charge in [-0.2, -0.15) is 0 Å². The summed E-state index contributed by atoms with van der Waals surface area (Å²) in [5.74, 6) is 1.94. The first-order valence-corrected chi connectivity index (χ1v) is 17.6. The molecule has 234 valence electrons. The van der Waals surface area contributed by atoms with Crippen LogP contribution in [0.3, 0.4) is 0 Å². The highest BCUT2D eigenvalue weighted by Gasteiger charge is 2.19. The Morgan fingerprint density at radius 3 is 1.86 bits per heavy atom. The van der Waals surface area contributed by atoms with Crippen LogP contribution in [0.5, 0.6) is 0 Å². The lowest BCUT2D eigenvalue weighted by Gasteiger charge is -2.19. The third-order valence-corrected chi connectivity index (χ3v) is 10.4.